The van der Waals surface area contributed by atoms with Gasteiger partial charge in [0.05, 0.1) is 12.5 Å². The van der Waals surface area contributed by atoms with Crippen molar-refractivity contribution in [3.8, 4) is 11.5 Å². The predicted molar refractivity (Wildman–Crippen MR) is 152 cm³/mol. The van der Waals surface area contributed by atoms with Gasteiger partial charge in [0.2, 0.25) is 5.91 Å². The van der Waals surface area contributed by atoms with Gasteiger partial charge in [-0.25, -0.2) is 0 Å². The number of ether oxygens (including phenoxy) is 2. The lowest BCUT2D eigenvalue weighted by atomic mass is 9.96. The number of amides is 1. The number of H-pyrrole nitrogens is 1. The molecule has 2 atom stereocenters. The summed E-state index contributed by atoms with van der Waals surface area (Å²) in [6.07, 6.45) is -0.570. The van der Waals surface area contributed by atoms with Crippen LogP contribution in [-0.2, 0) is 11.2 Å². The number of nitrogens with one attached hydrogen (secondary N) is 1. The maximum absolute atomic E-state index is 12.6. The second-order valence-electron chi connectivity index (χ2n) is 10.2. The van der Waals surface area contributed by atoms with Crippen molar-refractivity contribution in [2.45, 2.75) is 25.2 Å². The SMILES string of the molecule is NC(=O)Cc1cc2c(OCC(O)CN3CCN(C(c4ccccc4)c4ccc(OC(F)F)cc4)CC3)cccc2[nH]1. The summed E-state index contributed by atoms with van der Waals surface area (Å²) in [5.41, 5.74) is 8.99. The van der Waals surface area contributed by atoms with Crippen molar-refractivity contribution in [3.63, 3.8) is 0 Å². The average molecular weight is 565 g/mol. The molecule has 0 aliphatic carbocycles. The minimum Gasteiger partial charge on any atom is -0.490 e. The fourth-order valence-electron chi connectivity index (χ4n) is 5.42. The molecule has 10 heteroatoms. The number of aliphatic hydroxyl groups excluding tert-OH is 1. The number of hydrogen-bond donors (Lipinski definition) is 3. The summed E-state index contributed by atoms with van der Waals surface area (Å²) in [5, 5.41) is 11.6. The molecule has 0 bridgehead atoms. The first-order valence-electron chi connectivity index (χ1n) is 13.6. The van der Waals surface area contributed by atoms with Crippen LogP contribution in [0, 0.1) is 0 Å². The summed E-state index contributed by atoms with van der Waals surface area (Å²) < 4.78 is 35.7. The van der Waals surface area contributed by atoms with Crippen molar-refractivity contribution in [2.75, 3.05) is 39.3 Å². The third kappa shape index (κ3) is 7.40. The molecule has 1 aliphatic rings. The van der Waals surface area contributed by atoms with Crippen LogP contribution in [0.1, 0.15) is 22.9 Å². The van der Waals surface area contributed by atoms with E-state index in [0.717, 1.165) is 48.2 Å². The average Bonchev–Trinajstić information content (AvgIpc) is 3.36. The van der Waals surface area contributed by atoms with Crippen LogP contribution in [0.3, 0.4) is 0 Å². The Hall–Kier alpha value is -3.99. The zero-order valence-electron chi connectivity index (χ0n) is 22.6. The third-order valence-electron chi connectivity index (χ3n) is 7.25. The van der Waals surface area contributed by atoms with E-state index in [1.54, 1.807) is 12.1 Å². The van der Waals surface area contributed by atoms with Crippen molar-refractivity contribution in [3.05, 3.63) is 95.7 Å². The van der Waals surface area contributed by atoms with Crippen LogP contribution in [0.4, 0.5) is 8.78 Å². The Morgan fingerprint density at radius 1 is 0.951 bits per heavy atom. The first-order chi connectivity index (χ1) is 19.9. The van der Waals surface area contributed by atoms with Crippen LogP contribution in [0.15, 0.2) is 78.9 Å². The third-order valence-corrected chi connectivity index (χ3v) is 7.25. The number of carbonyl (C=O) groups is 1. The molecule has 1 aliphatic heterocycles. The van der Waals surface area contributed by atoms with Crippen LogP contribution in [0.5, 0.6) is 11.5 Å². The molecule has 2 heterocycles. The summed E-state index contributed by atoms with van der Waals surface area (Å²) in [6, 6.07) is 24.4. The minimum atomic E-state index is -2.86. The number of β-amino-alcohol motifs (C(OH)–C–C–N with tert-alkyl or cyclic N) is 1. The zero-order chi connectivity index (χ0) is 28.8. The molecule has 0 radical (unpaired) electrons. The largest absolute Gasteiger partial charge is 0.490 e. The van der Waals surface area contributed by atoms with Crippen molar-refractivity contribution in [1.82, 2.24) is 14.8 Å². The minimum absolute atomic E-state index is 0.0338. The first-order valence-corrected chi connectivity index (χ1v) is 13.6. The number of benzene rings is 3. The van der Waals surface area contributed by atoms with Crippen LogP contribution >= 0.6 is 0 Å². The standard InChI is InChI=1S/C31H34F2N4O4/c32-31(33)41-25-11-9-22(10-12-25)30(21-5-2-1-3-6-21)37-15-13-36(14-16-37)19-24(38)20-40-28-8-4-7-27-26(28)17-23(35-27)18-29(34)39/h1-12,17,24,30-31,35,38H,13-16,18-20H2,(H2,34,39). The molecule has 2 unspecified atom stereocenters. The Morgan fingerprint density at radius 2 is 1.66 bits per heavy atom. The van der Waals surface area contributed by atoms with E-state index in [4.69, 9.17) is 10.5 Å². The van der Waals surface area contributed by atoms with E-state index in [9.17, 15) is 18.7 Å². The number of piperazine rings is 1. The Bertz CT molecular complexity index is 1420. The van der Waals surface area contributed by atoms with Crippen molar-refractivity contribution >= 4 is 16.8 Å². The number of carbonyl (C=O) groups excluding carboxylic acids is 1. The van der Waals surface area contributed by atoms with Gasteiger partial charge in [0, 0.05) is 49.3 Å². The highest BCUT2D eigenvalue weighted by atomic mass is 19.3. The van der Waals surface area contributed by atoms with Gasteiger partial charge in [-0.15, -0.1) is 0 Å². The molecule has 1 fully saturated rings. The molecular weight excluding hydrogens is 530 g/mol. The van der Waals surface area contributed by atoms with E-state index in [-0.39, 0.29) is 24.8 Å². The van der Waals surface area contributed by atoms with Gasteiger partial charge < -0.3 is 25.3 Å². The number of aromatic nitrogens is 1. The van der Waals surface area contributed by atoms with E-state index >= 15 is 0 Å². The highest BCUT2D eigenvalue weighted by Gasteiger charge is 2.27. The smallest absolute Gasteiger partial charge is 0.387 e. The summed E-state index contributed by atoms with van der Waals surface area (Å²) in [5.74, 6) is 0.353. The fourth-order valence-corrected chi connectivity index (χ4v) is 5.42. The fraction of sp³-hybridized carbons (Fsp3) is 0.323. The van der Waals surface area contributed by atoms with Crippen LogP contribution < -0.4 is 15.2 Å². The molecule has 41 heavy (non-hydrogen) atoms. The van der Waals surface area contributed by atoms with E-state index in [0.29, 0.717) is 18.0 Å². The number of alkyl halides is 2. The number of primary amides is 1. The Kier molecular flexibility index (Phi) is 9.13. The quantitative estimate of drug-likeness (QED) is 0.241. The first kappa shape index (κ1) is 28.5. The lowest BCUT2D eigenvalue weighted by Gasteiger charge is -2.40. The molecule has 4 N–H and O–H groups in total. The monoisotopic (exact) mass is 564 g/mol. The van der Waals surface area contributed by atoms with Crippen LogP contribution in [0.2, 0.25) is 0 Å². The van der Waals surface area contributed by atoms with E-state index in [1.807, 2.05) is 54.6 Å². The molecule has 1 amide bonds. The van der Waals surface area contributed by atoms with Crippen LogP contribution in [0.25, 0.3) is 10.9 Å². The number of nitrogens with two attached hydrogens (primary N) is 1. The Balaban J connectivity index is 1.18. The lowest BCUT2D eigenvalue weighted by Crippen LogP contribution is -2.50. The number of rotatable bonds is 12. The van der Waals surface area contributed by atoms with Gasteiger partial charge >= 0.3 is 6.61 Å². The maximum atomic E-state index is 12.6. The molecule has 3 aromatic carbocycles. The summed E-state index contributed by atoms with van der Waals surface area (Å²) >= 11 is 0. The zero-order valence-corrected chi connectivity index (χ0v) is 22.6. The van der Waals surface area contributed by atoms with E-state index < -0.39 is 18.6 Å². The Labute approximate surface area is 237 Å². The second kappa shape index (κ2) is 13.1. The van der Waals surface area contributed by atoms with Crippen LogP contribution in [-0.4, -0.2) is 77.8 Å². The van der Waals surface area contributed by atoms with Gasteiger partial charge in [-0.05, 0) is 41.5 Å². The van der Waals surface area contributed by atoms with Crippen molar-refractivity contribution < 1.29 is 28.2 Å². The summed E-state index contributed by atoms with van der Waals surface area (Å²) in [6.45, 7) is 0.812. The predicted octanol–water partition coefficient (Wildman–Crippen LogP) is 3.94. The van der Waals surface area contributed by atoms with Gasteiger partial charge in [-0.1, -0.05) is 48.5 Å². The summed E-state index contributed by atoms with van der Waals surface area (Å²) in [7, 11) is 0. The molecule has 216 valence electrons. The molecular formula is C31H34F2N4O4. The van der Waals surface area contributed by atoms with Gasteiger partial charge in [-0.2, -0.15) is 8.78 Å². The highest BCUT2D eigenvalue weighted by Crippen LogP contribution is 2.31. The van der Waals surface area contributed by atoms with E-state index in [1.165, 1.54) is 0 Å². The number of aliphatic hydroxyl groups is 1. The number of hydrogen-bond acceptors (Lipinski definition) is 6. The number of aromatic amines is 1. The van der Waals surface area contributed by atoms with Gasteiger partial charge in [0.1, 0.15) is 24.2 Å². The van der Waals surface area contributed by atoms with Crippen molar-refractivity contribution in [2.24, 2.45) is 5.73 Å². The normalized spacial score (nSPS) is 16.1. The summed E-state index contributed by atoms with van der Waals surface area (Å²) in [4.78, 5) is 19.0. The molecule has 1 saturated heterocycles. The van der Waals surface area contributed by atoms with E-state index in [2.05, 4.69) is 31.7 Å². The molecule has 0 spiro atoms. The van der Waals surface area contributed by atoms with Gasteiger partial charge in [0.25, 0.3) is 0 Å². The van der Waals surface area contributed by atoms with Crippen molar-refractivity contribution in [1.29, 1.82) is 0 Å². The molecule has 5 rings (SSSR count). The maximum Gasteiger partial charge on any atom is 0.387 e. The molecule has 4 aromatic rings. The number of fused-ring (bicyclic) bond motifs is 1. The molecule has 1 aromatic heterocycles. The Morgan fingerprint density at radius 3 is 2.34 bits per heavy atom. The number of halogens is 2. The lowest BCUT2D eigenvalue weighted by molar-refractivity contribution is -0.117. The number of nitrogens with zero attached hydrogens (tertiary/aromatic N) is 2. The molecule has 8 nitrogen and oxygen atoms in total. The highest BCUT2D eigenvalue weighted by molar-refractivity contribution is 5.88. The van der Waals surface area contributed by atoms with Gasteiger partial charge in [-0.3, -0.25) is 14.6 Å². The van der Waals surface area contributed by atoms with Gasteiger partial charge in [0.15, 0.2) is 0 Å². The second-order valence-corrected chi connectivity index (χ2v) is 10.2. The molecule has 0 saturated carbocycles. The topological polar surface area (TPSA) is 104 Å².